The molecule has 0 aliphatic rings. The van der Waals surface area contributed by atoms with Crippen LogP contribution in [-0.2, 0) is 28.7 Å². The summed E-state index contributed by atoms with van der Waals surface area (Å²) in [5, 5.41) is 2.39. The van der Waals surface area contributed by atoms with Crippen LogP contribution in [0.15, 0.2) is 59.0 Å². The predicted molar refractivity (Wildman–Crippen MR) is 175 cm³/mol. The van der Waals surface area contributed by atoms with Gasteiger partial charge in [0.2, 0.25) is 0 Å². The summed E-state index contributed by atoms with van der Waals surface area (Å²) in [6.07, 6.45) is -7.93. The fourth-order valence-corrected chi connectivity index (χ4v) is 6.25. The number of ether oxygens (including phenoxy) is 3. The van der Waals surface area contributed by atoms with Crippen LogP contribution in [0, 0.1) is 0 Å². The molecule has 2 aromatic rings. The van der Waals surface area contributed by atoms with Gasteiger partial charge in [-0.1, -0.05) is 54.6 Å². The molecule has 0 saturated carbocycles. The monoisotopic (exact) mass is 684 g/mol. The van der Waals surface area contributed by atoms with Crippen molar-refractivity contribution in [1.82, 2.24) is 5.32 Å². The highest BCUT2D eigenvalue weighted by atomic mass is 32.2. The van der Waals surface area contributed by atoms with Crippen molar-refractivity contribution >= 4 is 27.9 Å². The van der Waals surface area contributed by atoms with Crippen LogP contribution < -0.4 is 5.32 Å². The molecular weight excluding hydrogens is 637 g/mol. The molecule has 0 spiro atoms. The topological polar surface area (TPSA) is 120 Å². The summed E-state index contributed by atoms with van der Waals surface area (Å²) in [7, 11) is -3.77. The van der Waals surface area contributed by atoms with E-state index in [1.807, 2.05) is 30.3 Å². The van der Waals surface area contributed by atoms with Gasteiger partial charge >= 0.3 is 24.3 Å². The van der Waals surface area contributed by atoms with E-state index in [2.05, 4.69) is 9.68 Å². The molecule has 0 aliphatic heterocycles. The number of amides is 2. The normalized spacial score (nSPS) is 15.1. The number of nitrogens with zero attached hydrogens (tertiary/aromatic N) is 1. The van der Waals surface area contributed by atoms with Crippen LogP contribution in [-0.4, -0.2) is 62.9 Å². The van der Waals surface area contributed by atoms with E-state index in [4.69, 9.17) is 14.2 Å². The highest BCUT2D eigenvalue weighted by molar-refractivity contribution is 7.93. The second-order valence-corrected chi connectivity index (χ2v) is 16.7. The number of hydrogen-bond donors (Lipinski definition) is 1. The van der Waals surface area contributed by atoms with Gasteiger partial charge < -0.3 is 19.5 Å². The lowest BCUT2D eigenvalue weighted by molar-refractivity contribution is -0.157. The Hall–Kier alpha value is -3.61. The van der Waals surface area contributed by atoms with Crippen LogP contribution in [0.4, 0.5) is 22.8 Å². The summed E-state index contributed by atoms with van der Waals surface area (Å²) >= 11 is 0. The first-order valence-corrected chi connectivity index (χ1v) is 17.1. The summed E-state index contributed by atoms with van der Waals surface area (Å²) in [4.78, 5) is 38.3. The Morgan fingerprint density at radius 2 is 1.21 bits per heavy atom. The third-order valence-corrected chi connectivity index (χ3v) is 8.51. The van der Waals surface area contributed by atoms with Gasteiger partial charge in [-0.3, -0.25) is 0 Å². The second-order valence-electron chi connectivity index (χ2n) is 14.1. The average molecular weight is 685 g/mol. The van der Waals surface area contributed by atoms with Crippen molar-refractivity contribution < 1.29 is 46.0 Å². The molecule has 0 saturated heterocycles. The molecular formula is C34H47F3N2O7S. The van der Waals surface area contributed by atoms with Crippen molar-refractivity contribution in [3.63, 3.8) is 0 Å². The molecule has 0 heterocycles. The molecule has 0 bridgehead atoms. The summed E-state index contributed by atoms with van der Waals surface area (Å²) in [5.74, 6) is -4.08. The molecule has 13 heteroatoms. The summed E-state index contributed by atoms with van der Waals surface area (Å²) in [6, 6.07) is 13.7. The van der Waals surface area contributed by atoms with Gasteiger partial charge in [0, 0.05) is 11.5 Å². The first kappa shape index (κ1) is 39.6. The van der Waals surface area contributed by atoms with Crippen molar-refractivity contribution in [3.8, 4) is 11.1 Å². The number of benzene rings is 2. The number of esters is 1. The van der Waals surface area contributed by atoms with Gasteiger partial charge in [-0.05, 0) is 91.8 Å². The summed E-state index contributed by atoms with van der Waals surface area (Å²) in [5.41, 5.74) is -1.37. The summed E-state index contributed by atoms with van der Waals surface area (Å²) in [6.45, 7) is 14.4. The molecule has 262 valence electrons. The molecule has 0 fully saturated rings. The second kappa shape index (κ2) is 15.5. The molecule has 2 unspecified atom stereocenters. The van der Waals surface area contributed by atoms with Gasteiger partial charge in [0.1, 0.15) is 22.8 Å². The number of carbonyl (C=O) groups excluding carboxylic acids is 3. The lowest BCUT2D eigenvalue weighted by Gasteiger charge is -2.27. The van der Waals surface area contributed by atoms with E-state index in [1.165, 1.54) is 12.1 Å². The van der Waals surface area contributed by atoms with Gasteiger partial charge in [-0.2, -0.15) is 13.2 Å². The summed E-state index contributed by atoms with van der Waals surface area (Å²) < 4.78 is 77.0. The standard InChI is InChI=1S/C34H47F3N2O7S/c1-31(2,3)44-28(40)27(38-29(41)45-32(4,5)6)20-22-47(43,39-30(42)46-33(7,8)9)21-19-26(34(35,36)37)25-17-15-24(16-18-25)23-13-11-10-12-14-23/h10-18,26-27H,19-22H2,1-9H3,(H,38,41)/t26?,27-,47?/m0/s1. The van der Waals surface area contributed by atoms with Crippen LogP contribution in [0.1, 0.15) is 86.6 Å². The van der Waals surface area contributed by atoms with Crippen LogP contribution in [0.5, 0.6) is 0 Å². The lowest BCUT2D eigenvalue weighted by Crippen LogP contribution is -2.46. The smallest absolute Gasteiger partial charge is 0.442 e. The minimum absolute atomic E-state index is 0.0468. The van der Waals surface area contributed by atoms with Gasteiger partial charge in [0.05, 0.1) is 15.6 Å². The number of alkyl halides is 3. The van der Waals surface area contributed by atoms with E-state index in [0.29, 0.717) is 0 Å². The van der Waals surface area contributed by atoms with Crippen LogP contribution in [0.25, 0.3) is 11.1 Å². The molecule has 0 radical (unpaired) electrons. The number of alkyl carbamates (subject to hydrolysis) is 1. The molecule has 2 amide bonds. The SMILES string of the molecule is CC(C)(C)OC(=O)N=S(=O)(CCC(c1ccc(-c2ccccc2)cc1)C(F)(F)F)CC[C@H](NC(=O)OC(C)(C)C)C(=O)OC(C)(C)C. The Balaban J connectivity index is 2.42. The molecule has 2 aromatic carbocycles. The third kappa shape index (κ3) is 14.8. The molecule has 2 rings (SSSR count). The van der Waals surface area contributed by atoms with Gasteiger partial charge in [-0.25, -0.2) is 18.6 Å². The number of rotatable bonds is 10. The molecule has 3 atom stereocenters. The fourth-order valence-electron chi connectivity index (χ4n) is 4.34. The fraction of sp³-hybridized carbons (Fsp3) is 0.559. The van der Waals surface area contributed by atoms with E-state index >= 15 is 0 Å². The minimum atomic E-state index is -4.71. The van der Waals surface area contributed by atoms with Crippen molar-refractivity contribution in [2.75, 3.05) is 11.5 Å². The Morgan fingerprint density at radius 3 is 1.70 bits per heavy atom. The lowest BCUT2D eigenvalue weighted by atomic mass is 9.94. The first-order valence-electron chi connectivity index (χ1n) is 15.3. The van der Waals surface area contributed by atoms with Crippen LogP contribution in [0.2, 0.25) is 0 Å². The first-order chi connectivity index (χ1) is 21.4. The third-order valence-electron chi connectivity index (χ3n) is 6.28. The zero-order chi connectivity index (χ0) is 35.8. The maximum Gasteiger partial charge on any atom is 0.442 e. The van der Waals surface area contributed by atoms with E-state index in [0.717, 1.165) is 11.1 Å². The molecule has 9 nitrogen and oxygen atoms in total. The molecule has 47 heavy (non-hydrogen) atoms. The van der Waals surface area contributed by atoms with Crippen molar-refractivity contribution in [3.05, 3.63) is 60.2 Å². The molecule has 0 aliphatic carbocycles. The maximum atomic E-state index is 14.4. The zero-order valence-corrected chi connectivity index (χ0v) is 29.3. The Morgan fingerprint density at radius 1 is 0.723 bits per heavy atom. The predicted octanol–water partition coefficient (Wildman–Crippen LogP) is 8.42. The minimum Gasteiger partial charge on any atom is -0.458 e. The molecule has 1 N–H and O–H groups in total. The molecule has 0 aromatic heterocycles. The van der Waals surface area contributed by atoms with Crippen LogP contribution >= 0.6 is 0 Å². The van der Waals surface area contributed by atoms with Gasteiger partial charge in [0.25, 0.3) is 0 Å². The number of hydrogen-bond acceptors (Lipinski definition) is 7. The number of nitrogens with one attached hydrogen (secondary N) is 1. The van der Waals surface area contributed by atoms with E-state index in [-0.39, 0.29) is 12.0 Å². The van der Waals surface area contributed by atoms with Crippen LogP contribution in [0.3, 0.4) is 0 Å². The van der Waals surface area contributed by atoms with Gasteiger partial charge in [0.15, 0.2) is 0 Å². The van der Waals surface area contributed by atoms with Crippen molar-refractivity contribution in [2.24, 2.45) is 4.36 Å². The Labute approximate surface area is 276 Å². The van der Waals surface area contributed by atoms with Gasteiger partial charge in [-0.15, -0.1) is 4.36 Å². The zero-order valence-electron chi connectivity index (χ0n) is 28.5. The van der Waals surface area contributed by atoms with E-state index < -0.39 is 80.8 Å². The largest absolute Gasteiger partial charge is 0.458 e. The van der Waals surface area contributed by atoms with E-state index in [1.54, 1.807) is 74.4 Å². The van der Waals surface area contributed by atoms with Crippen molar-refractivity contribution in [1.29, 1.82) is 0 Å². The maximum absolute atomic E-state index is 14.4. The Bertz CT molecular complexity index is 1480. The number of carbonyl (C=O) groups is 3. The highest BCUT2D eigenvalue weighted by Gasteiger charge is 2.41. The Kier molecular flexibility index (Phi) is 13.1. The highest BCUT2D eigenvalue weighted by Crippen LogP contribution is 2.38. The quantitative estimate of drug-likeness (QED) is 0.197. The average Bonchev–Trinajstić information content (AvgIpc) is 2.88. The van der Waals surface area contributed by atoms with Crippen molar-refractivity contribution in [2.45, 2.75) is 110 Å². The number of halogens is 3. The van der Waals surface area contributed by atoms with E-state index in [9.17, 15) is 31.8 Å².